The van der Waals surface area contributed by atoms with Gasteiger partial charge in [-0.05, 0) is 107 Å². The summed E-state index contributed by atoms with van der Waals surface area (Å²) in [7, 11) is 0. The second-order valence-electron chi connectivity index (χ2n) is 18.7. The number of unbranched alkanes of at least 4 members (excludes halogenated alkanes) is 2. The van der Waals surface area contributed by atoms with Crippen LogP contribution in [-0.2, 0) is 28.5 Å². The molecule has 77 heavy (non-hydrogen) atoms. The number of benzene rings is 5. The Morgan fingerprint density at radius 2 is 0.948 bits per heavy atom. The molecule has 4 aliphatic heterocycles. The average Bonchev–Trinajstić information content (AvgIpc) is 4.14. The summed E-state index contributed by atoms with van der Waals surface area (Å²) in [4.78, 5) is 77.8. The Labute approximate surface area is 480 Å². The molecule has 4 heterocycles. The van der Waals surface area contributed by atoms with Gasteiger partial charge in [-0.15, -0.1) is 0 Å². The van der Waals surface area contributed by atoms with Gasteiger partial charge in [-0.1, -0.05) is 128 Å². The summed E-state index contributed by atoms with van der Waals surface area (Å²) >= 11 is 3.19. The van der Waals surface area contributed by atoms with Crippen molar-refractivity contribution in [3.8, 4) is 0 Å². The topological polar surface area (TPSA) is 240 Å². The number of Topliss-reactive ketones (excluding diaryl/α,β-unsaturated/α-hetero) is 1. The summed E-state index contributed by atoms with van der Waals surface area (Å²) in [6.45, 7) is 7.45. The number of aliphatic carboxylic acids is 1. The zero-order valence-corrected chi connectivity index (χ0v) is 47.8. The van der Waals surface area contributed by atoms with Crippen molar-refractivity contribution in [2.24, 2.45) is 0 Å². The molecule has 0 saturated heterocycles. The van der Waals surface area contributed by atoms with Gasteiger partial charge in [-0.2, -0.15) is 0 Å². The number of aliphatic hydroxyl groups excluding tert-OH is 2. The van der Waals surface area contributed by atoms with E-state index < -0.39 is 18.0 Å². The number of aliphatic hydroxyl groups is 2. The van der Waals surface area contributed by atoms with Crippen molar-refractivity contribution in [3.05, 3.63) is 175 Å². The van der Waals surface area contributed by atoms with Gasteiger partial charge in [-0.25, -0.2) is 19.2 Å². The predicted molar refractivity (Wildman–Crippen MR) is 283 cm³/mol. The van der Waals surface area contributed by atoms with E-state index in [4.69, 9.17) is 24.1 Å². The van der Waals surface area contributed by atoms with Gasteiger partial charge in [0.15, 0.2) is 0 Å². The van der Waals surface area contributed by atoms with Gasteiger partial charge >= 0.3 is 59.4 Å². The maximum absolute atomic E-state index is 11.4. The Morgan fingerprint density at radius 1 is 0.558 bits per heavy atom. The van der Waals surface area contributed by atoms with Crippen molar-refractivity contribution in [1.82, 2.24) is 0 Å². The van der Waals surface area contributed by atoms with Gasteiger partial charge in [0.1, 0.15) is 30.2 Å². The van der Waals surface area contributed by atoms with Gasteiger partial charge < -0.3 is 49.0 Å². The van der Waals surface area contributed by atoms with E-state index in [9.17, 15) is 48.9 Å². The standard InChI is InChI=1S/C12H15BrO3.C12H12O4.C12H14O3.C12H12O3.C12H14O2.Na/c1-2-3-4-11(14)9-6-5-8(13)7-10(9)12(15)16;13-11(14)7-3-6-10-8-4-1-2-5-9(8)12(15)16-10;2*1-8(13)6-7-11-9-4-2-3-5-10(9)12(14)15-11;1-2-3-8-11-9-6-4-5-7-10(9)12(13)14-11;/h5-7,11,14H,2-4H2,1H3,(H,15,16);1-2,4-5,10H,3,6-7H2,(H,13,14);2-5,8,11,13H,6-7H2,1H3;2-5,11H,6-7H2,1H3;4-7,11H,2-3,8H2,1H3;/q;;;;;+1/p-1. The predicted octanol–water partition coefficient (Wildman–Crippen LogP) is 8.61. The first-order valence-corrected chi connectivity index (χ1v) is 26.5. The zero-order valence-electron chi connectivity index (χ0n) is 44.2. The Morgan fingerprint density at radius 3 is 1.32 bits per heavy atom. The molecule has 0 aliphatic carbocycles. The summed E-state index contributed by atoms with van der Waals surface area (Å²) in [5.41, 5.74) is 6.90. The van der Waals surface area contributed by atoms with Gasteiger partial charge in [0, 0.05) is 45.1 Å². The number of carbonyl (C=O) groups is 7. The molecule has 9 rings (SSSR count). The number of esters is 4. The van der Waals surface area contributed by atoms with E-state index in [0.717, 1.165) is 59.9 Å². The monoisotopic (exact) mass is 1130 g/mol. The minimum atomic E-state index is -1.26. The van der Waals surface area contributed by atoms with Crippen molar-refractivity contribution in [2.75, 3.05) is 0 Å². The number of fused-ring (bicyclic) bond motifs is 4. The molecular formula is C60H66BrNaO15. The molecule has 4 aliphatic rings. The molecule has 0 spiro atoms. The molecule has 0 saturated carbocycles. The van der Waals surface area contributed by atoms with E-state index >= 15 is 0 Å². The van der Waals surface area contributed by atoms with Crippen molar-refractivity contribution in [2.45, 2.75) is 148 Å². The van der Waals surface area contributed by atoms with E-state index in [-0.39, 0.29) is 102 Å². The number of carboxylic acids is 2. The Hall–Kier alpha value is -6.01. The van der Waals surface area contributed by atoms with Crippen molar-refractivity contribution >= 4 is 57.5 Å². The molecule has 6 unspecified atom stereocenters. The number of carbonyl (C=O) groups excluding carboxylic acids is 6. The third kappa shape index (κ3) is 18.9. The average molecular weight is 1130 g/mol. The van der Waals surface area contributed by atoms with Crippen LogP contribution >= 0.6 is 15.9 Å². The molecule has 0 radical (unpaired) electrons. The summed E-state index contributed by atoms with van der Waals surface area (Å²) in [6.07, 6.45) is 7.35. The van der Waals surface area contributed by atoms with Crippen LogP contribution in [0.3, 0.4) is 0 Å². The van der Waals surface area contributed by atoms with Crippen LogP contribution in [0.25, 0.3) is 0 Å². The van der Waals surface area contributed by atoms with Gasteiger partial charge in [0.2, 0.25) is 0 Å². The quantitative estimate of drug-likeness (QED) is 0.0423. The summed E-state index contributed by atoms with van der Waals surface area (Å²) in [5.74, 6) is -2.96. The molecular weight excluding hydrogens is 1060 g/mol. The molecule has 5 aromatic carbocycles. The third-order valence-electron chi connectivity index (χ3n) is 12.8. The second kappa shape index (κ2) is 32.0. The number of carboxylic acid groups (broad SMARTS) is 2. The minimum Gasteiger partial charge on any atom is -0.545 e. The first-order chi connectivity index (χ1) is 36.4. The molecule has 0 fully saturated rings. The van der Waals surface area contributed by atoms with Crippen LogP contribution < -0.4 is 34.7 Å². The van der Waals surface area contributed by atoms with Crippen LogP contribution in [0, 0.1) is 0 Å². The number of aromatic carboxylic acids is 1. The molecule has 0 bridgehead atoms. The fourth-order valence-corrected chi connectivity index (χ4v) is 9.20. The summed E-state index contributed by atoms with van der Waals surface area (Å²) in [6, 6.07) is 34.4. The zero-order chi connectivity index (χ0) is 55.3. The second-order valence-corrected chi connectivity index (χ2v) is 19.6. The molecule has 404 valence electrons. The van der Waals surface area contributed by atoms with E-state index in [2.05, 4.69) is 22.9 Å². The fraction of sp³-hybridized carbons (Fsp3) is 0.383. The number of ether oxygens (including phenoxy) is 4. The molecule has 17 heteroatoms. The van der Waals surface area contributed by atoms with Crippen molar-refractivity contribution in [3.63, 3.8) is 0 Å². The van der Waals surface area contributed by atoms with Gasteiger partial charge in [-0.3, -0.25) is 4.79 Å². The van der Waals surface area contributed by atoms with Crippen LogP contribution in [0.5, 0.6) is 0 Å². The molecule has 0 aromatic heterocycles. The Bertz CT molecular complexity index is 2810. The van der Waals surface area contributed by atoms with Gasteiger partial charge in [0.05, 0.1) is 40.4 Å². The van der Waals surface area contributed by atoms with Crippen LogP contribution in [0.15, 0.2) is 120 Å². The molecule has 6 atom stereocenters. The Balaban J connectivity index is 0.000000207. The largest absolute Gasteiger partial charge is 1.00 e. The number of rotatable bonds is 18. The molecule has 5 aromatic rings. The first kappa shape index (κ1) is 63.5. The van der Waals surface area contributed by atoms with E-state index in [1.54, 1.807) is 50.2 Å². The maximum Gasteiger partial charge on any atom is 1.00 e. The van der Waals surface area contributed by atoms with Crippen molar-refractivity contribution in [1.29, 1.82) is 0 Å². The van der Waals surface area contributed by atoms with E-state index in [1.807, 2.05) is 79.7 Å². The Kier molecular flexibility index (Phi) is 26.4. The van der Waals surface area contributed by atoms with Gasteiger partial charge in [0.25, 0.3) is 0 Å². The molecule has 15 nitrogen and oxygen atoms in total. The third-order valence-corrected chi connectivity index (χ3v) is 13.3. The molecule has 0 amide bonds. The number of hydrogen-bond donors (Lipinski definition) is 3. The smallest absolute Gasteiger partial charge is 0.545 e. The van der Waals surface area contributed by atoms with Crippen molar-refractivity contribution < 1.29 is 102 Å². The SMILES string of the molecule is CC(=O)CCC1OC(=O)c2ccccc21.CC(O)CCC1OC(=O)c2ccccc21.CCCCC(O)c1ccc(Br)cc1C(=O)[O-].CCCCC1OC(=O)c2ccccc21.O=C(O)CCCC1OC(=O)c2ccccc21.[Na+]. The van der Waals surface area contributed by atoms with Crippen LogP contribution in [0.1, 0.15) is 221 Å². The van der Waals surface area contributed by atoms with Crippen LogP contribution in [0.4, 0.5) is 0 Å². The maximum atomic E-state index is 11.4. The first-order valence-electron chi connectivity index (χ1n) is 25.7. The van der Waals surface area contributed by atoms with E-state index in [1.165, 1.54) is 6.07 Å². The number of hydrogen-bond acceptors (Lipinski definition) is 14. The van der Waals surface area contributed by atoms with Crippen LogP contribution in [0.2, 0.25) is 0 Å². The number of cyclic esters (lactones) is 4. The van der Waals surface area contributed by atoms with Crippen LogP contribution in [-0.4, -0.2) is 63.0 Å². The molecule has 3 N–H and O–H groups in total. The number of halogens is 1. The van der Waals surface area contributed by atoms with E-state index in [0.29, 0.717) is 71.7 Å². The number of ketones is 1. The minimum absolute atomic E-state index is 0. The summed E-state index contributed by atoms with van der Waals surface area (Å²) < 4.78 is 21.6. The fourth-order valence-electron chi connectivity index (χ4n) is 8.84. The normalized spacial score (nSPS) is 17.5. The summed E-state index contributed by atoms with van der Waals surface area (Å²) in [5, 5.41) is 38.5.